The average molecular weight is 519 g/mol. The molecule has 1 aromatic rings. The molecule has 2 rings (SSSR count). The summed E-state index contributed by atoms with van der Waals surface area (Å²) in [6.07, 6.45) is 20.6. The standard InChI is InChI=1S/C30H50N2O5/c1-3-4-5-6-7-8-9-10-11-12-13-14-15-18-21-35-24-28-22-29(37-28)25-36-30(34)32(26(2)33)23-27-19-16-17-20-31-27/h16-17,19-20,28-29H,3-15,18,21-25H2,1-2H3. The molecule has 2 amide bonds. The Morgan fingerprint density at radius 3 is 2.00 bits per heavy atom. The van der Waals surface area contributed by atoms with Crippen molar-refractivity contribution in [3.05, 3.63) is 30.1 Å². The molecule has 0 bridgehead atoms. The van der Waals surface area contributed by atoms with Gasteiger partial charge in [-0.3, -0.25) is 9.78 Å². The van der Waals surface area contributed by atoms with Crippen molar-refractivity contribution in [2.24, 2.45) is 0 Å². The van der Waals surface area contributed by atoms with Gasteiger partial charge in [0.05, 0.1) is 31.1 Å². The van der Waals surface area contributed by atoms with Crippen LogP contribution in [0, 0.1) is 0 Å². The molecule has 0 N–H and O–H groups in total. The predicted molar refractivity (Wildman–Crippen MR) is 146 cm³/mol. The quantitative estimate of drug-likeness (QED) is 0.160. The van der Waals surface area contributed by atoms with Crippen LogP contribution in [0.5, 0.6) is 0 Å². The lowest BCUT2D eigenvalue weighted by atomic mass is 10.0. The van der Waals surface area contributed by atoms with Crippen LogP contribution in [0.4, 0.5) is 4.79 Å². The minimum Gasteiger partial charge on any atom is -0.446 e. The zero-order chi connectivity index (χ0) is 26.6. The first-order valence-corrected chi connectivity index (χ1v) is 14.7. The van der Waals surface area contributed by atoms with Gasteiger partial charge < -0.3 is 14.2 Å². The number of aromatic nitrogens is 1. The van der Waals surface area contributed by atoms with Gasteiger partial charge in [-0.1, -0.05) is 96.5 Å². The highest BCUT2D eigenvalue weighted by Gasteiger charge is 2.32. The molecule has 0 aliphatic carbocycles. The average Bonchev–Trinajstić information content (AvgIpc) is 2.87. The molecular formula is C30H50N2O5. The number of pyridine rings is 1. The van der Waals surface area contributed by atoms with Gasteiger partial charge in [-0.05, 0) is 18.6 Å². The summed E-state index contributed by atoms with van der Waals surface area (Å²) in [4.78, 5) is 29.4. The van der Waals surface area contributed by atoms with Crippen molar-refractivity contribution >= 4 is 12.0 Å². The second kappa shape index (κ2) is 20.0. The third-order valence-electron chi connectivity index (χ3n) is 6.90. The number of hydrogen-bond acceptors (Lipinski definition) is 6. The largest absolute Gasteiger partial charge is 0.446 e. The molecule has 1 fully saturated rings. The first-order chi connectivity index (χ1) is 18.1. The van der Waals surface area contributed by atoms with E-state index in [9.17, 15) is 9.59 Å². The van der Waals surface area contributed by atoms with Gasteiger partial charge in [-0.2, -0.15) is 0 Å². The van der Waals surface area contributed by atoms with Gasteiger partial charge in [0, 0.05) is 26.1 Å². The highest BCUT2D eigenvalue weighted by atomic mass is 16.6. The number of nitrogens with zero attached hydrogens (tertiary/aromatic N) is 2. The highest BCUT2D eigenvalue weighted by molar-refractivity contribution is 5.90. The monoisotopic (exact) mass is 518 g/mol. The van der Waals surface area contributed by atoms with Crippen LogP contribution in [0.25, 0.3) is 0 Å². The van der Waals surface area contributed by atoms with Crippen LogP contribution in [0.1, 0.15) is 116 Å². The molecule has 1 aliphatic rings. The van der Waals surface area contributed by atoms with E-state index in [1.807, 2.05) is 6.07 Å². The van der Waals surface area contributed by atoms with E-state index in [1.54, 1.807) is 18.3 Å². The molecule has 1 saturated heterocycles. The molecule has 37 heavy (non-hydrogen) atoms. The molecule has 1 aromatic heterocycles. The third-order valence-corrected chi connectivity index (χ3v) is 6.90. The first kappa shape index (κ1) is 31.2. The van der Waals surface area contributed by atoms with Crippen LogP contribution in [-0.2, 0) is 25.5 Å². The molecule has 2 atom stereocenters. The van der Waals surface area contributed by atoms with E-state index < -0.39 is 6.09 Å². The summed E-state index contributed by atoms with van der Waals surface area (Å²) < 4.78 is 16.8. The Morgan fingerprint density at radius 1 is 0.892 bits per heavy atom. The fourth-order valence-electron chi connectivity index (χ4n) is 4.58. The van der Waals surface area contributed by atoms with E-state index in [0.717, 1.165) is 24.3 Å². The second-order valence-corrected chi connectivity index (χ2v) is 10.3. The van der Waals surface area contributed by atoms with E-state index in [4.69, 9.17) is 14.2 Å². The van der Waals surface area contributed by atoms with Crippen molar-refractivity contribution < 1.29 is 23.8 Å². The van der Waals surface area contributed by atoms with Gasteiger partial charge in [0.2, 0.25) is 5.91 Å². The zero-order valence-electron chi connectivity index (χ0n) is 23.3. The summed E-state index contributed by atoms with van der Waals surface area (Å²) in [5, 5.41) is 0. The van der Waals surface area contributed by atoms with Gasteiger partial charge in [0.1, 0.15) is 6.61 Å². The van der Waals surface area contributed by atoms with Crippen molar-refractivity contribution in [2.45, 2.75) is 129 Å². The van der Waals surface area contributed by atoms with Gasteiger partial charge in [0.25, 0.3) is 0 Å². The van der Waals surface area contributed by atoms with Crippen LogP contribution in [0.15, 0.2) is 24.4 Å². The van der Waals surface area contributed by atoms with Crippen molar-refractivity contribution in [1.29, 1.82) is 0 Å². The van der Waals surface area contributed by atoms with Crippen molar-refractivity contribution in [3.8, 4) is 0 Å². The number of rotatable bonds is 21. The molecule has 0 aromatic carbocycles. The topological polar surface area (TPSA) is 78.0 Å². The Balaban J connectivity index is 1.36. The Morgan fingerprint density at radius 2 is 1.46 bits per heavy atom. The van der Waals surface area contributed by atoms with Crippen molar-refractivity contribution in [1.82, 2.24) is 9.88 Å². The molecule has 210 valence electrons. The Labute approximate surface area is 224 Å². The molecule has 0 spiro atoms. The van der Waals surface area contributed by atoms with E-state index in [1.165, 1.54) is 90.4 Å². The number of unbranched alkanes of at least 4 members (excludes halogenated alkanes) is 13. The lowest BCUT2D eigenvalue weighted by Crippen LogP contribution is -2.45. The van der Waals surface area contributed by atoms with Crippen LogP contribution in [-0.4, -0.2) is 53.9 Å². The lowest BCUT2D eigenvalue weighted by molar-refractivity contribution is -0.167. The summed E-state index contributed by atoms with van der Waals surface area (Å²) in [6, 6.07) is 5.37. The molecular weight excluding hydrogens is 468 g/mol. The summed E-state index contributed by atoms with van der Waals surface area (Å²) in [5.41, 5.74) is 0.630. The molecule has 7 heteroatoms. The zero-order valence-corrected chi connectivity index (χ0v) is 23.3. The Hall–Kier alpha value is -1.99. The fraction of sp³-hybridized carbons (Fsp3) is 0.767. The Kier molecular flexibility index (Phi) is 16.9. The third kappa shape index (κ3) is 14.5. The number of imide groups is 1. The van der Waals surface area contributed by atoms with E-state index in [0.29, 0.717) is 12.3 Å². The van der Waals surface area contributed by atoms with Gasteiger partial charge in [-0.15, -0.1) is 0 Å². The smallest absolute Gasteiger partial charge is 0.416 e. The first-order valence-electron chi connectivity index (χ1n) is 14.7. The summed E-state index contributed by atoms with van der Waals surface area (Å²) in [5.74, 6) is -0.375. The SMILES string of the molecule is CCCCCCCCCCCCCCCCOCC1CC(COC(=O)N(Cc2ccccn2)C(C)=O)O1. The number of ether oxygens (including phenoxy) is 3. The normalized spacial score (nSPS) is 16.8. The predicted octanol–water partition coefficient (Wildman–Crippen LogP) is 7.22. The molecule has 0 radical (unpaired) electrons. The molecule has 2 heterocycles. The van der Waals surface area contributed by atoms with Gasteiger partial charge >= 0.3 is 6.09 Å². The maximum atomic E-state index is 12.3. The van der Waals surface area contributed by atoms with E-state index >= 15 is 0 Å². The summed E-state index contributed by atoms with van der Waals surface area (Å²) in [6.45, 7) is 5.21. The van der Waals surface area contributed by atoms with Crippen LogP contribution >= 0.6 is 0 Å². The van der Waals surface area contributed by atoms with E-state index in [-0.39, 0.29) is 31.3 Å². The number of hydrogen-bond donors (Lipinski definition) is 0. The van der Waals surface area contributed by atoms with Gasteiger partial charge in [0.15, 0.2) is 0 Å². The van der Waals surface area contributed by atoms with Crippen LogP contribution in [0.3, 0.4) is 0 Å². The minimum atomic E-state index is -0.667. The molecule has 0 saturated carbocycles. The number of carbonyl (C=O) groups is 2. The second-order valence-electron chi connectivity index (χ2n) is 10.3. The van der Waals surface area contributed by atoms with Gasteiger partial charge in [-0.25, -0.2) is 9.69 Å². The summed E-state index contributed by atoms with van der Waals surface area (Å²) >= 11 is 0. The van der Waals surface area contributed by atoms with Crippen molar-refractivity contribution in [3.63, 3.8) is 0 Å². The lowest BCUT2D eigenvalue weighted by Gasteiger charge is -2.35. The molecule has 2 unspecified atom stereocenters. The maximum Gasteiger partial charge on any atom is 0.416 e. The molecule has 1 aliphatic heterocycles. The van der Waals surface area contributed by atoms with Crippen LogP contribution in [0.2, 0.25) is 0 Å². The van der Waals surface area contributed by atoms with Crippen molar-refractivity contribution in [2.75, 3.05) is 19.8 Å². The van der Waals surface area contributed by atoms with Crippen LogP contribution < -0.4 is 0 Å². The Bertz CT molecular complexity index is 724. The number of amides is 2. The fourth-order valence-corrected chi connectivity index (χ4v) is 4.58. The van der Waals surface area contributed by atoms with E-state index in [2.05, 4.69) is 11.9 Å². The molecule has 7 nitrogen and oxygen atoms in total. The number of carbonyl (C=O) groups excluding carboxylic acids is 2. The minimum absolute atomic E-state index is 0.0628. The summed E-state index contributed by atoms with van der Waals surface area (Å²) in [7, 11) is 0. The highest BCUT2D eigenvalue weighted by Crippen LogP contribution is 2.22. The maximum absolute atomic E-state index is 12.3.